The molecule has 1 fully saturated rings. The van der Waals surface area contributed by atoms with Gasteiger partial charge in [-0.15, -0.1) is 11.3 Å². The second-order valence-corrected chi connectivity index (χ2v) is 7.76. The number of urea groups is 1. The number of rotatable bonds is 6. The van der Waals surface area contributed by atoms with Crippen molar-refractivity contribution in [3.05, 3.63) is 22.4 Å². The van der Waals surface area contributed by atoms with Crippen LogP contribution in [0.1, 0.15) is 24.6 Å². The zero-order chi connectivity index (χ0) is 15.9. The first-order valence-corrected chi connectivity index (χ1v) is 9.12. The van der Waals surface area contributed by atoms with Crippen molar-refractivity contribution in [3.8, 4) is 0 Å². The Morgan fingerprint density at radius 3 is 3.09 bits per heavy atom. The Hall–Kier alpha value is -1.07. The average molecular weight is 324 g/mol. The summed E-state index contributed by atoms with van der Waals surface area (Å²) in [4.78, 5) is 17.8. The Balaban J connectivity index is 1.67. The fourth-order valence-electron chi connectivity index (χ4n) is 3.13. The number of piperidine rings is 1. The van der Waals surface area contributed by atoms with Gasteiger partial charge in [0.1, 0.15) is 0 Å². The van der Waals surface area contributed by atoms with E-state index in [4.69, 9.17) is 0 Å². The van der Waals surface area contributed by atoms with Gasteiger partial charge in [-0.05, 0) is 56.1 Å². The summed E-state index contributed by atoms with van der Waals surface area (Å²) in [5.74, 6) is 1.08. The second-order valence-electron chi connectivity index (χ2n) is 6.73. The molecule has 1 aromatic rings. The Kier molecular flexibility index (Phi) is 6.70. The van der Waals surface area contributed by atoms with E-state index in [0.717, 1.165) is 26.1 Å². The molecule has 0 radical (unpaired) electrons. The van der Waals surface area contributed by atoms with Crippen LogP contribution in [0.25, 0.3) is 0 Å². The molecule has 1 aliphatic heterocycles. The number of nitrogens with zero attached hydrogens (tertiary/aromatic N) is 2. The number of nitrogens with one attached hydrogen (secondary N) is 1. The van der Waals surface area contributed by atoms with E-state index in [0.29, 0.717) is 11.8 Å². The van der Waals surface area contributed by atoms with E-state index in [-0.39, 0.29) is 6.03 Å². The van der Waals surface area contributed by atoms with E-state index in [1.165, 1.54) is 24.3 Å². The smallest absolute Gasteiger partial charge is 0.317 e. The Bertz CT molecular complexity index is 449. The van der Waals surface area contributed by atoms with Crippen LogP contribution in [0.4, 0.5) is 4.79 Å². The molecule has 2 heterocycles. The lowest BCUT2D eigenvalue weighted by molar-refractivity contribution is 0.163. The highest BCUT2D eigenvalue weighted by molar-refractivity contribution is 7.09. The summed E-state index contributed by atoms with van der Waals surface area (Å²) >= 11 is 1.79. The fraction of sp³-hybridized carbons (Fsp3) is 0.706. The molecule has 0 aliphatic carbocycles. The van der Waals surface area contributed by atoms with Crippen LogP contribution < -0.4 is 5.32 Å². The zero-order valence-electron chi connectivity index (χ0n) is 14.0. The van der Waals surface area contributed by atoms with E-state index >= 15 is 0 Å². The minimum Gasteiger partial charge on any atom is -0.338 e. The summed E-state index contributed by atoms with van der Waals surface area (Å²) in [5.41, 5.74) is 0. The minimum absolute atomic E-state index is 0.0613. The maximum atomic E-state index is 12.2. The molecule has 0 aromatic carbocycles. The van der Waals surface area contributed by atoms with Crippen molar-refractivity contribution >= 4 is 17.4 Å². The van der Waals surface area contributed by atoms with Gasteiger partial charge in [0, 0.05) is 31.6 Å². The Morgan fingerprint density at radius 1 is 1.59 bits per heavy atom. The first-order valence-electron chi connectivity index (χ1n) is 8.24. The molecular weight excluding hydrogens is 294 g/mol. The zero-order valence-corrected chi connectivity index (χ0v) is 14.9. The topological polar surface area (TPSA) is 35.6 Å². The van der Waals surface area contributed by atoms with Crippen LogP contribution in [0.2, 0.25) is 0 Å². The van der Waals surface area contributed by atoms with Crippen molar-refractivity contribution in [1.29, 1.82) is 0 Å². The van der Waals surface area contributed by atoms with Crippen molar-refractivity contribution < 1.29 is 4.79 Å². The van der Waals surface area contributed by atoms with Gasteiger partial charge in [-0.25, -0.2) is 4.79 Å². The van der Waals surface area contributed by atoms with E-state index in [9.17, 15) is 4.79 Å². The molecule has 0 bridgehead atoms. The van der Waals surface area contributed by atoms with Gasteiger partial charge in [0.2, 0.25) is 0 Å². The molecule has 124 valence electrons. The molecule has 2 atom stereocenters. The van der Waals surface area contributed by atoms with Crippen molar-refractivity contribution in [1.82, 2.24) is 15.1 Å². The van der Waals surface area contributed by atoms with Gasteiger partial charge < -0.3 is 15.1 Å². The lowest BCUT2D eigenvalue weighted by Crippen LogP contribution is -2.44. The van der Waals surface area contributed by atoms with Gasteiger partial charge in [0.05, 0.1) is 0 Å². The number of carbonyl (C=O) groups is 1. The van der Waals surface area contributed by atoms with Gasteiger partial charge in [0.15, 0.2) is 0 Å². The fourth-order valence-corrected chi connectivity index (χ4v) is 4.00. The normalized spacial score (nSPS) is 20.6. The molecule has 4 nitrogen and oxygen atoms in total. The molecule has 0 unspecified atom stereocenters. The van der Waals surface area contributed by atoms with Gasteiger partial charge >= 0.3 is 6.03 Å². The summed E-state index contributed by atoms with van der Waals surface area (Å²) in [7, 11) is 4.08. The monoisotopic (exact) mass is 323 g/mol. The third kappa shape index (κ3) is 5.61. The number of likely N-dealkylation sites (tertiary alicyclic amines) is 1. The van der Waals surface area contributed by atoms with E-state index < -0.39 is 0 Å². The SMILES string of the molecule is C[C@H](CNC(=O)N(C)C[C@H]1CCCN(C)C1)Cc1cccs1. The maximum Gasteiger partial charge on any atom is 0.317 e. The lowest BCUT2D eigenvalue weighted by atomic mass is 9.98. The molecule has 2 rings (SSSR count). The average Bonchev–Trinajstić information content (AvgIpc) is 2.97. The number of thiophene rings is 1. The molecule has 0 spiro atoms. The number of carbonyl (C=O) groups excluding carboxylic acids is 1. The summed E-state index contributed by atoms with van der Waals surface area (Å²) in [6.45, 7) is 6.08. The van der Waals surface area contributed by atoms with Crippen LogP contribution in [-0.4, -0.2) is 56.1 Å². The Morgan fingerprint density at radius 2 is 2.41 bits per heavy atom. The predicted octanol–water partition coefficient (Wildman–Crippen LogP) is 2.91. The predicted molar refractivity (Wildman–Crippen MR) is 93.4 cm³/mol. The highest BCUT2D eigenvalue weighted by Gasteiger charge is 2.20. The minimum atomic E-state index is 0.0613. The third-order valence-electron chi connectivity index (χ3n) is 4.33. The van der Waals surface area contributed by atoms with Crippen LogP contribution in [0, 0.1) is 11.8 Å². The van der Waals surface area contributed by atoms with Gasteiger partial charge in [-0.3, -0.25) is 0 Å². The molecule has 1 saturated heterocycles. The van der Waals surface area contributed by atoms with Gasteiger partial charge in [-0.1, -0.05) is 13.0 Å². The summed E-state index contributed by atoms with van der Waals surface area (Å²) in [5, 5.41) is 5.18. The quantitative estimate of drug-likeness (QED) is 0.874. The summed E-state index contributed by atoms with van der Waals surface area (Å²) < 4.78 is 0. The van der Waals surface area contributed by atoms with Crippen LogP contribution in [-0.2, 0) is 6.42 Å². The van der Waals surface area contributed by atoms with E-state index in [1.807, 2.05) is 11.9 Å². The molecule has 1 aliphatic rings. The standard InChI is InChI=1S/C17H29N3OS/c1-14(10-16-7-5-9-22-16)11-18-17(21)20(3)13-15-6-4-8-19(2)12-15/h5,7,9,14-15H,4,6,8,10-13H2,1-3H3,(H,18,21)/t14-,15-/m0/s1. The van der Waals surface area contributed by atoms with Crippen LogP contribution >= 0.6 is 11.3 Å². The molecule has 0 saturated carbocycles. The van der Waals surface area contributed by atoms with E-state index in [1.54, 1.807) is 11.3 Å². The largest absolute Gasteiger partial charge is 0.338 e. The van der Waals surface area contributed by atoms with Gasteiger partial charge in [0.25, 0.3) is 0 Å². The third-order valence-corrected chi connectivity index (χ3v) is 5.23. The second kappa shape index (κ2) is 8.53. The van der Waals surface area contributed by atoms with Gasteiger partial charge in [-0.2, -0.15) is 0 Å². The van der Waals surface area contributed by atoms with Crippen molar-refractivity contribution in [2.24, 2.45) is 11.8 Å². The number of amides is 2. The highest BCUT2D eigenvalue weighted by Crippen LogP contribution is 2.16. The molecule has 22 heavy (non-hydrogen) atoms. The van der Waals surface area contributed by atoms with Crippen LogP contribution in [0.15, 0.2) is 17.5 Å². The van der Waals surface area contributed by atoms with Crippen molar-refractivity contribution in [2.45, 2.75) is 26.2 Å². The molecule has 1 aromatic heterocycles. The summed E-state index contributed by atoms with van der Waals surface area (Å²) in [6, 6.07) is 4.31. The van der Waals surface area contributed by atoms with Crippen LogP contribution in [0.3, 0.4) is 0 Å². The molecular formula is C17H29N3OS. The highest BCUT2D eigenvalue weighted by atomic mass is 32.1. The first-order chi connectivity index (χ1) is 10.5. The molecule has 1 N–H and O–H groups in total. The summed E-state index contributed by atoms with van der Waals surface area (Å²) in [6.07, 6.45) is 3.51. The molecule has 5 heteroatoms. The maximum absolute atomic E-state index is 12.2. The van der Waals surface area contributed by atoms with Crippen molar-refractivity contribution in [2.75, 3.05) is 40.3 Å². The van der Waals surface area contributed by atoms with E-state index in [2.05, 4.69) is 41.7 Å². The first kappa shape index (κ1) is 17.3. The lowest BCUT2D eigenvalue weighted by Gasteiger charge is -2.32. The van der Waals surface area contributed by atoms with Crippen molar-refractivity contribution in [3.63, 3.8) is 0 Å². The molecule has 2 amide bonds. The van der Waals surface area contributed by atoms with Crippen LogP contribution in [0.5, 0.6) is 0 Å². The number of hydrogen-bond donors (Lipinski definition) is 1. The number of hydrogen-bond acceptors (Lipinski definition) is 3. The Labute approximate surface area is 138 Å².